The van der Waals surface area contributed by atoms with Crippen molar-refractivity contribution in [2.75, 3.05) is 0 Å². The summed E-state index contributed by atoms with van der Waals surface area (Å²) in [5.41, 5.74) is 5.98. The molecule has 3 nitrogen and oxygen atoms in total. The molecule has 1 aromatic heterocycles. The molecular weight excluding hydrogens is 238 g/mol. The van der Waals surface area contributed by atoms with Gasteiger partial charge in [0.05, 0.1) is 11.1 Å². The van der Waals surface area contributed by atoms with E-state index in [2.05, 4.69) is 11.9 Å². The summed E-state index contributed by atoms with van der Waals surface area (Å²) in [7, 11) is 0. The Kier molecular flexibility index (Phi) is 3.09. The lowest BCUT2D eigenvalue weighted by Crippen LogP contribution is -2.19. The molecule has 100 valence electrons. The average Bonchev–Trinajstić information content (AvgIpc) is 2.32. The Bertz CT molecular complexity index is 767. The van der Waals surface area contributed by atoms with Gasteiger partial charge in [0, 0.05) is 11.1 Å². The number of ketones is 1. The van der Waals surface area contributed by atoms with Crippen LogP contribution < -0.4 is 5.43 Å². The van der Waals surface area contributed by atoms with Crippen LogP contribution in [0.1, 0.15) is 45.2 Å². The van der Waals surface area contributed by atoms with Crippen molar-refractivity contribution in [2.24, 2.45) is 0 Å². The second kappa shape index (κ2) is 4.34. The first-order chi connectivity index (χ1) is 8.77. The molecule has 0 radical (unpaired) electrons. The Morgan fingerprint density at radius 1 is 0.895 bits per heavy atom. The summed E-state index contributed by atoms with van der Waals surface area (Å²) in [6.45, 7) is 11.2. The number of carbonyl (C=O) groups excluding carboxylic acids is 1. The maximum Gasteiger partial charge on any atom is 0.200 e. The number of nitrogens with one attached hydrogen (secondary N) is 1. The Morgan fingerprint density at radius 3 is 1.95 bits per heavy atom. The van der Waals surface area contributed by atoms with E-state index in [1.807, 2.05) is 20.8 Å². The van der Waals surface area contributed by atoms with Crippen LogP contribution in [0.15, 0.2) is 4.79 Å². The third-order valence-corrected chi connectivity index (χ3v) is 4.18. The van der Waals surface area contributed by atoms with Crippen molar-refractivity contribution in [1.82, 2.24) is 4.98 Å². The van der Waals surface area contributed by atoms with Crippen molar-refractivity contribution < 1.29 is 4.79 Å². The summed E-state index contributed by atoms with van der Waals surface area (Å²) in [5.74, 6) is -0.184. The molecule has 0 fully saturated rings. The predicted octanol–water partition coefficient (Wildman–Crippen LogP) is 3.27. The van der Waals surface area contributed by atoms with Crippen molar-refractivity contribution in [1.29, 1.82) is 0 Å². The molecule has 0 saturated heterocycles. The van der Waals surface area contributed by atoms with Gasteiger partial charge in [0.2, 0.25) is 5.43 Å². The van der Waals surface area contributed by atoms with Gasteiger partial charge in [-0.05, 0) is 63.8 Å². The zero-order chi connectivity index (χ0) is 14.5. The van der Waals surface area contributed by atoms with Gasteiger partial charge in [-0.2, -0.15) is 0 Å². The van der Waals surface area contributed by atoms with Crippen molar-refractivity contribution in [3.05, 3.63) is 43.7 Å². The minimum absolute atomic E-state index is 0.151. The van der Waals surface area contributed by atoms with E-state index >= 15 is 0 Å². The van der Waals surface area contributed by atoms with Gasteiger partial charge in [0.25, 0.3) is 0 Å². The molecule has 0 atom stereocenters. The Hall–Kier alpha value is -1.90. The zero-order valence-electron chi connectivity index (χ0n) is 12.3. The zero-order valence-corrected chi connectivity index (χ0v) is 12.3. The van der Waals surface area contributed by atoms with Gasteiger partial charge in [-0.1, -0.05) is 0 Å². The van der Waals surface area contributed by atoms with E-state index in [0.29, 0.717) is 11.1 Å². The highest BCUT2D eigenvalue weighted by Crippen LogP contribution is 2.26. The standard InChI is InChI=1S/C16H19NO2/c1-7-8(2)10(4)15-13(9(7)3)16(19)14(12(6)18)11(5)17-15/h1-6H3,(H,17,19). The Balaban J connectivity index is 3.16. The molecule has 0 aliphatic heterocycles. The lowest BCUT2D eigenvalue weighted by atomic mass is 9.92. The molecule has 0 aliphatic rings. The number of hydrogen-bond donors (Lipinski definition) is 1. The minimum atomic E-state index is -0.184. The van der Waals surface area contributed by atoms with Gasteiger partial charge in [-0.15, -0.1) is 0 Å². The highest BCUT2D eigenvalue weighted by Gasteiger charge is 2.18. The third kappa shape index (κ3) is 1.81. The van der Waals surface area contributed by atoms with E-state index in [0.717, 1.165) is 22.2 Å². The maximum atomic E-state index is 12.6. The van der Waals surface area contributed by atoms with Crippen LogP contribution in [-0.4, -0.2) is 10.8 Å². The number of Topliss-reactive ketones (excluding diaryl/α,β-unsaturated/α-hetero) is 1. The van der Waals surface area contributed by atoms with E-state index in [9.17, 15) is 9.59 Å². The molecule has 0 bridgehead atoms. The van der Waals surface area contributed by atoms with Crippen LogP contribution in [0.25, 0.3) is 10.9 Å². The minimum Gasteiger partial charge on any atom is -0.358 e. The number of carbonyl (C=O) groups is 1. The molecule has 2 aromatic rings. The number of rotatable bonds is 1. The third-order valence-electron chi connectivity index (χ3n) is 4.18. The fraction of sp³-hybridized carbons (Fsp3) is 0.375. The molecule has 0 amide bonds. The SMILES string of the molecule is CC(=O)c1c(C)[nH]c2c(C)c(C)c(C)c(C)c2c1=O. The molecule has 3 heteroatoms. The van der Waals surface area contributed by atoms with E-state index in [-0.39, 0.29) is 16.8 Å². The van der Waals surface area contributed by atoms with Crippen molar-refractivity contribution in [3.63, 3.8) is 0 Å². The Morgan fingerprint density at radius 2 is 1.42 bits per heavy atom. The van der Waals surface area contributed by atoms with E-state index in [1.165, 1.54) is 12.5 Å². The number of fused-ring (bicyclic) bond motifs is 1. The first-order valence-electron chi connectivity index (χ1n) is 6.41. The second-order valence-corrected chi connectivity index (χ2v) is 5.26. The van der Waals surface area contributed by atoms with Crippen LogP contribution in [0, 0.1) is 34.6 Å². The maximum absolute atomic E-state index is 12.6. The van der Waals surface area contributed by atoms with Gasteiger partial charge in [-0.25, -0.2) is 0 Å². The number of aromatic amines is 1. The predicted molar refractivity (Wildman–Crippen MR) is 78.3 cm³/mol. The molecule has 1 aromatic carbocycles. The van der Waals surface area contributed by atoms with Gasteiger partial charge in [0.1, 0.15) is 0 Å². The molecular formula is C16H19NO2. The number of benzene rings is 1. The van der Waals surface area contributed by atoms with Crippen molar-refractivity contribution >= 4 is 16.7 Å². The highest BCUT2D eigenvalue weighted by atomic mass is 16.1. The topological polar surface area (TPSA) is 49.9 Å². The highest BCUT2D eigenvalue weighted by molar-refractivity contribution is 5.99. The lowest BCUT2D eigenvalue weighted by Gasteiger charge is -2.15. The molecule has 0 saturated carbocycles. The van der Waals surface area contributed by atoms with Crippen LogP contribution in [0.5, 0.6) is 0 Å². The molecule has 1 heterocycles. The summed E-state index contributed by atoms with van der Waals surface area (Å²) in [5, 5.41) is 0.649. The number of pyridine rings is 1. The summed E-state index contributed by atoms with van der Waals surface area (Å²) in [6.07, 6.45) is 0. The number of hydrogen-bond acceptors (Lipinski definition) is 2. The van der Waals surface area contributed by atoms with Gasteiger partial charge in [-0.3, -0.25) is 9.59 Å². The lowest BCUT2D eigenvalue weighted by molar-refractivity contribution is 0.101. The van der Waals surface area contributed by atoms with E-state index in [1.54, 1.807) is 6.92 Å². The van der Waals surface area contributed by atoms with Gasteiger partial charge >= 0.3 is 0 Å². The average molecular weight is 257 g/mol. The van der Waals surface area contributed by atoms with Crippen LogP contribution in [-0.2, 0) is 0 Å². The van der Waals surface area contributed by atoms with E-state index < -0.39 is 0 Å². The summed E-state index contributed by atoms with van der Waals surface area (Å²) in [6, 6.07) is 0. The van der Waals surface area contributed by atoms with Crippen LogP contribution in [0.2, 0.25) is 0 Å². The molecule has 0 aliphatic carbocycles. The van der Waals surface area contributed by atoms with Crippen molar-refractivity contribution in [3.8, 4) is 0 Å². The largest absolute Gasteiger partial charge is 0.358 e. The molecule has 2 rings (SSSR count). The van der Waals surface area contributed by atoms with Crippen LogP contribution >= 0.6 is 0 Å². The fourth-order valence-electron chi connectivity index (χ4n) is 2.72. The molecule has 1 N–H and O–H groups in total. The molecule has 0 unspecified atom stereocenters. The smallest absolute Gasteiger partial charge is 0.200 e. The number of aromatic nitrogens is 1. The van der Waals surface area contributed by atoms with E-state index in [4.69, 9.17) is 0 Å². The normalized spacial score (nSPS) is 11.1. The summed E-state index contributed by atoms with van der Waals surface area (Å²) < 4.78 is 0. The van der Waals surface area contributed by atoms with Crippen molar-refractivity contribution in [2.45, 2.75) is 41.5 Å². The number of H-pyrrole nitrogens is 1. The monoisotopic (exact) mass is 257 g/mol. The van der Waals surface area contributed by atoms with Crippen LogP contribution in [0.4, 0.5) is 0 Å². The first kappa shape index (κ1) is 13.5. The first-order valence-corrected chi connectivity index (χ1v) is 6.41. The second-order valence-electron chi connectivity index (χ2n) is 5.26. The fourth-order valence-corrected chi connectivity index (χ4v) is 2.72. The molecule has 0 spiro atoms. The quantitative estimate of drug-likeness (QED) is 0.797. The molecule has 19 heavy (non-hydrogen) atoms. The summed E-state index contributed by atoms with van der Waals surface area (Å²) in [4.78, 5) is 27.5. The summed E-state index contributed by atoms with van der Waals surface area (Å²) >= 11 is 0. The van der Waals surface area contributed by atoms with Crippen LogP contribution in [0.3, 0.4) is 0 Å². The van der Waals surface area contributed by atoms with Gasteiger partial charge in [0.15, 0.2) is 5.78 Å². The van der Waals surface area contributed by atoms with Gasteiger partial charge < -0.3 is 4.98 Å². The Labute approximate surface area is 112 Å². The number of aryl methyl sites for hydroxylation is 3.